The molecule has 7 nitrogen and oxygen atoms in total. The smallest absolute Gasteiger partial charge is 0.271 e. The number of nitro groups is 1. The average molecular weight is 314 g/mol. The van der Waals surface area contributed by atoms with Crippen molar-refractivity contribution in [2.24, 2.45) is 0 Å². The zero-order valence-corrected chi connectivity index (χ0v) is 12.4. The number of nitro benzene ring substituents is 1. The quantitative estimate of drug-likeness (QED) is 0.642. The van der Waals surface area contributed by atoms with Crippen molar-refractivity contribution in [1.29, 1.82) is 0 Å². The highest BCUT2D eigenvalue weighted by molar-refractivity contribution is 6.07. The van der Waals surface area contributed by atoms with Gasteiger partial charge in [-0.2, -0.15) is 0 Å². The molecular formula is C16H14N2O5. The molecule has 0 fully saturated rings. The maximum Gasteiger partial charge on any atom is 0.271 e. The summed E-state index contributed by atoms with van der Waals surface area (Å²) in [5.74, 6) is 0.876. The van der Waals surface area contributed by atoms with Crippen LogP contribution in [0, 0.1) is 10.1 Å². The molecule has 2 aromatic rings. The summed E-state index contributed by atoms with van der Waals surface area (Å²) in [6.07, 6.45) is 0. The number of anilines is 1. The van der Waals surface area contributed by atoms with Gasteiger partial charge >= 0.3 is 0 Å². The molecule has 2 aromatic carbocycles. The van der Waals surface area contributed by atoms with Crippen LogP contribution in [0.15, 0.2) is 42.5 Å². The minimum absolute atomic E-state index is 0.0817. The van der Waals surface area contributed by atoms with E-state index < -0.39 is 4.92 Å². The van der Waals surface area contributed by atoms with E-state index in [9.17, 15) is 14.9 Å². The van der Waals surface area contributed by atoms with E-state index in [0.29, 0.717) is 35.9 Å². The number of fused-ring (bicyclic) bond motifs is 1. The van der Waals surface area contributed by atoms with E-state index in [-0.39, 0.29) is 11.6 Å². The fourth-order valence-corrected chi connectivity index (χ4v) is 2.42. The summed E-state index contributed by atoms with van der Waals surface area (Å²) in [6, 6.07) is 10.9. The summed E-state index contributed by atoms with van der Waals surface area (Å²) >= 11 is 0. The summed E-state index contributed by atoms with van der Waals surface area (Å²) in [6.45, 7) is 0.672. The van der Waals surface area contributed by atoms with Crippen molar-refractivity contribution in [3.8, 4) is 11.5 Å². The van der Waals surface area contributed by atoms with Crippen LogP contribution < -0.4 is 14.4 Å². The topological polar surface area (TPSA) is 81.9 Å². The molecule has 0 saturated heterocycles. The fourth-order valence-electron chi connectivity index (χ4n) is 2.42. The molecule has 23 heavy (non-hydrogen) atoms. The van der Waals surface area contributed by atoms with Crippen molar-refractivity contribution in [3.63, 3.8) is 0 Å². The van der Waals surface area contributed by atoms with E-state index in [1.54, 1.807) is 31.4 Å². The second kappa shape index (κ2) is 5.96. The van der Waals surface area contributed by atoms with Crippen molar-refractivity contribution < 1.29 is 19.2 Å². The minimum Gasteiger partial charge on any atom is -0.497 e. The molecule has 3 rings (SSSR count). The normalized spacial score (nSPS) is 13.0. The summed E-state index contributed by atoms with van der Waals surface area (Å²) in [5.41, 5.74) is 0.804. The van der Waals surface area contributed by atoms with Crippen LogP contribution >= 0.6 is 0 Å². The van der Waals surface area contributed by atoms with Gasteiger partial charge in [-0.1, -0.05) is 0 Å². The number of ether oxygens (including phenoxy) is 2. The number of amides is 1. The SMILES string of the molecule is COc1ccc(C(=O)N2CCOc3ccc([N+](=O)[O-])cc32)cc1. The maximum absolute atomic E-state index is 12.7. The van der Waals surface area contributed by atoms with Gasteiger partial charge in [0.15, 0.2) is 0 Å². The number of rotatable bonds is 3. The van der Waals surface area contributed by atoms with Gasteiger partial charge < -0.3 is 14.4 Å². The lowest BCUT2D eigenvalue weighted by Gasteiger charge is -2.29. The standard InChI is InChI=1S/C16H14N2O5/c1-22-13-5-2-11(3-6-13)16(19)17-8-9-23-15-7-4-12(18(20)21)10-14(15)17/h2-7,10H,8-9H2,1H3. The molecule has 0 bridgehead atoms. The fraction of sp³-hybridized carbons (Fsp3) is 0.188. The highest BCUT2D eigenvalue weighted by Crippen LogP contribution is 2.35. The van der Waals surface area contributed by atoms with E-state index in [4.69, 9.17) is 9.47 Å². The van der Waals surface area contributed by atoms with E-state index in [0.717, 1.165) is 0 Å². The third kappa shape index (κ3) is 2.80. The van der Waals surface area contributed by atoms with Crippen LogP contribution in [0.3, 0.4) is 0 Å². The average Bonchev–Trinajstić information content (AvgIpc) is 2.60. The second-order valence-electron chi connectivity index (χ2n) is 4.94. The van der Waals surface area contributed by atoms with Crippen molar-refractivity contribution in [1.82, 2.24) is 0 Å². The third-order valence-corrected chi connectivity index (χ3v) is 3.60. The minimum atomic E-state index is -0.495. The molecule has 1 heterocycles. The molecule has 7 heteroatoms. The molecule has 0 atom stereocenters. The molecule has 0 unspecified atom stereocenters. The molecule has 1 aliphatic heterocycles. The van der Waals surface area contributed by atoms with Crippen LogP contribution in [0.5, 0.6) is 11.5 Å². The summed E-state index contributed by atoms with van der Waals surface area (Å²) in [5, 5.41) is 11.0. The van der Waals surface area contributed by atoms with Gasteiger partial charge in [-0.3, -0.25) is 14.9 Å². The molecule has 0 spiro atoms. The summed E-state index contributed by atoms with van der Waals surface area (Å²) in [4.78, 5) is 24.7. The van der Waals surface area contributed by atoms with Gasteiger partial charge in [0.1, 0.15) is 18.1 Å². The number of benzene rings is 2. The van der Waals surface area contributed by atoms with Gasteiger partial charge in [-0.05, 0) is 30.3 Å². The Hall–Kier alpha value is -3.09. The highest BCUT2D eigenvalue weighted by atomic mass is 16.6. The summed E-state index contributed by atoms with van der Waals surface area (Å²) in [7, 11) is 1.55. The van der Waals surface area contributed by atoms with Crippen LogP contribution in [0.25, 0.3) is 0 Å². The van der Waals surface area contributed by atoms with Crippen LogP contribution in [-0.2, 0) is 0 Å². The number of methoxy groups -OCH3 is 1. The van der Waals surface area contributed by atoms with E-state index in [2.05, 4.69) is 0 Å². The lowest BCUT2D eigenvalue weighted by Crippen LogP contribution is -2.38. The summed E-state index contributed by atoms with van der Waals surface area (Å²) < 4.78 is 10.5. The van der Waals surface area contributed by atoms with Gasteiger partial charge in [0.2, 0.25) is 0 Å². The monoisotopic (exact) mass is 314 g/mol. The van der Waals surface area contributed by atoms with Gasteiger partial charge in [0.25, 0.3) is 11.6 Å². The van der Waals surface area contributed by atoms with Crippen molar-refractivity contribution >= 4 is 17.3 Å². The molecule has 0 N–H and O–H groups in total. The predicted octanol–water partition coefficient (Wildman–Crippen LogP) is 2.64. The number of hydrogen-bond donors (Lipinski definition) is 0. The Morgan fingerprint density at radius 2 is 2.00 bits per heavy atom. The van der Waals surface area contributed by atoms with Crippen LogP contribution in [0.2, 0.25) is 0 Å². The predicted molar refractivity (Wildman–Crippen MR) is 83.3 cm³/mol. The van der Waals surface area contributed by atoms with Crippen molar-refractivity contribution in [2.45, 2.75) is 0 Å². The van der Waals surface area contributed by atoms with Crippen LogP contribution in [0.1, 0.15) is 10.4 Å². The van der Waals surface area contributed by atoms with Gasteiger partial charge in [0, 0.05) is 17.7 Å². The number of hydrogen-bond acceptors (Lipinski definition) is 5. The lowest BCUT2D eigenvalue weighted by atomic mass is 10.1. The Balaban J connectivity index is 1.96. The van der Waals surface area contributed by atoms with Crippen LogP contribution in [-0.4, -0.2) is 31.1 Å². The zero-order valence-electron chi connectivity index (χ0n) is 12.4. The highest BCUT2D eigenvalue weighted by Gasteiger charge is 2.26. The Labute approximate surface area is 132 Å². The van der Waals surface area contributed by atoms with Crippen molar-refractivity contribution in [3.05, 3.63) is 58.1 Å². The molecule has 0 aliphatic carbocycles. The number of carbonyl (C=O) groups is 1. The van der Waals surface area contributed by atoms with Gasteiger partial charge in [0.05, 0.1) is 24.3 Å². The molecule has 0 saturated carbocycles. The largest absolute Gasteiger partial charge is 0.497 e. The van der Waals surface area contributed by atoms with Gasteiger partial charge in [-0.25, -0.2) is 0 Å². The molecule has 118 valence electrons. The zero-order chi connectivity index (χ0) is 16.4. The first-order valence-electron chi connectivity index (χ1n) is 6.97. The first kappa shape index (κ1) is 14.8. The number of nitrogens with zero attached hydrogens (tertiary/aromatic N) is 2. The molecular weight excluding hydrogens is 300 g/mol. The van der Waals surface area contributed by atoms with E-state index in [1.165, 1.54) is 23.1 Å². The Morgan fingerprint density at radius 1 is 1.26 bits per heavy atom. The number of non-ortho nitro benzene ring substituents is 1. The van der Waals surface area contributed by atoms with E-state index in [1.807, 2.05) is 0 Å². The first-order chi connectivity index (χ1) is 11.1. The number of carbonyl (C=O) groups excluding carboxylic acids is 1. The third-order valence-electron chi connectivity index (χ3n) is 3.60. The Morgan fingerprint density at radius 3 is 2.65 bits per heavy atom. The molecule has 1 aliphatic rings. The second-order valence-corrected chi connectivity index (χ2v) is 4.94. The maximum atomic E-state index is 12.7. The van der Waals surface area contributed by atoms with Gasteiger partial charge in [-0.15, -0.1) is 0 Å². The Bertz CT molecular complexity index is 758. The Kier molecular flexibility index (Phi) is 3.84. The lowest BCUT2D eigenvalue weighted by molar-refractivity contribution is -0.384. The van der Waals surface area contributed by atoms with E-state index >= 15 is 0 Å². The molecule has 1 amide bonds. The molecule has 0 radical (unpaired) electrons. The molecule has 0 aromatic heterocycles. The van der Waals surface area contributed by atoms with Crippen molar-refractivity contribution in [2.75, 3.05) is 25.2 Å². The van der Waals surface area contributed by atoms with Crippen LogP contribution in [0.4, 0.5) is 11.4 Å². The first-order valence-corrected chi connectivity index (χ1v) is 6.97.